The molecule has 0 radical (unpaired) electrons. The summed E-state index contributed by atoms with van der Waals surface area (Å²) in [7, 11) is 1.61. The second-order valence-electron chi connectivity index (χ2n) is 3.54. The summed E-state index contributed by atoms with van der Waals surface area (Å²) in [5.74, 6) is -0.347. The van der Waals surface area contributed by atoms with Crippen LogP contribution in [0.4, 0.5) is 4.39 Å². The monoisotopic (exact) mass is 234 g/mol. The minimum Gasteiger partial charge on any atom is -0.347 e. The van der Waals surface area contributed by atoms with Gasteiger partial charge in [0.15, 0.2) is 0 Å². The maximum Gasteiger partial charge on any atom is 0.272 e. The van der Waals surface area contributed by atoms with Crippen LogP contribution in [-0.2, 0) is 6.54 Å². The molecule has 6 heteroatoms. The summed E-state index contributed by atoms with van der Waals surface area (Å²) in [4.78, 5) is 23.7. The highest BCUT2D eigenvalue weighted by molar-refractivity contribution is 5.91. The minimum absolute atomic E-state index is 0.0825. The van der Waals surface area contributed by atoms with Gasteiger partial charge in [0.2, 0.25) is 5.95 Å². The highest BCUT2D eigenvalue weighted by Crippen LogP contribution is 2.04. The number of hydrogen-bond donors (Lipinski definition) is 1. The first-order valence-corrected chi connectivity index (χ1v) is 5.03. The Morgan fingerprint density at radius 1 is 1.53 bits per heavy atom. The van der Waals surface area contributed by atoms with Gasteiger partial charge >= 0.3 is 0 Å². The molecule has 2 heterocycles. The van der Waals surface area contributed by atoms with E-state index in [-0.39, 0.29) is 11.6 Å². The molecular formula is C11H11FN4O. The molecular weight excluding hydrogens is 223 g/mol. The quantitative estimate of drug-likeness (QED) is 0.812. The first kappa shape index (κ1) is 11.3. The van der Waals surface area contributed by atoms with Crippen molar-refractivity contribution in [3.8, 4) is 0 Å². The number of halogens is 1. The summed E-state index contributed by atoms with van der Waals surface area (Å²) in [6.07, 6.45) is 3.28. The molecule has 88 valence electrons. The maximum absolute atomic E-state index is 12.9. The van der Waals surface area contributed by atoms with Crippen LogP contribution in [0.15, 0.2) is 30.6 Å². The molecule has 0 aliphatic rings. The second-order valence-corrected chi connectivity index (χ2v) is 3.54. The normalized spacial score (nSPS) is 10.2. The van der Waals surface area contributed by atoms with Gasteiger partial charge in [-0.1, -0.05) is 6.07 Å². The Labute approximate surface area is 97.3 Å². The van der Waals surface area contributed by atoms with Crippen molar-refractivity contribution in [2.75, 3.05) is 7.05 Å². The van der Waals surface area contributed by atoms with E-state index in [1.807, 2.05) is 0 Å². The van der Waals surface area contributed by atoms with Crippen LogP contribution >= 0.6 is 0 Å². The summed E-state index contributed by atoms with van der Waals surface area (Å²) in [5.41, 5.74) is 0.0825. The van der Waals surface area contributed by atoms with Gasteiger partial charge in [-0.2, -0.15) is 4.39 Å². The Morgan fingerprint density at radius 2 is 2.35 bits per heavy atom. The maximum atomic E-state index is 12.9. The molecule has 0 spiro atoms. The van der Waals surface area contributed by atoms with E-state index in [0.29, 0.717) is 12.4 Å². The molecule has 0 atom stereocenters. The number of nitrogens with zero attached hydrogens (tertiary/aromatic N) is 3. The fourth-order valence-electron chi connectivity index (χ4n) is 1.40. The smallest absolute Gasteiger partial charge is 0.272 e. The van der Waals surface area contributed by atoms with Crippen LogP contribution in [0.5, 0.6) is 0 Å². The number of hydrogen-bond acceptors (Lipinski definition) is 3. The van der Waals surface area contributed by atoms with Crippen molar-refractivity contribution in [3.63, 3.8) is 0 Å². The molecule has 2 aromatic rings. The first-order valence-electron chi connectivity index (χ1n) is 5.03. The topological polar surface area (TPSA) is 61.9 Å². The van der Waals surface area contributed by atoms with Crippen molar-refractivity contribution in [1.29, 1.82) is 0 Å². The lowest BCUT2D eigenvalue weighted by molar-refractivity contribution is 0.0775. The predicted octanol–water partition coefficient (Wildman–Crippen LogP) is 1.22. The number of pyridine rings is 1. The Kier molecular flexibility index (Phi) is 3.13. The number of amides is 1. The molecule has 0 aromatic carbocycles. The van der Waals surface area contributed by atoms with E-state index >= 15 is 0 Å². The Balaban J connectivity index is 2.09. The summed E-state index contributed by atoms with van der Waals surface area (Å²) >= 11 is 0. The average Bonchev–Trinajstić information content (AvgIpc) is 2.80. The minimum atomic E-state index is -0.665. The van der Waals surface area contributed by atoms with E-state index in [2.05, 4.69) is 15.0 Å². The van der Waals surface area contributed by atoms with Crippen LogP contribution in [0.1, 0.15) is 16.3 Å². The van der Waals surface area contributed by atoms with Crippen molar-refractivity contribution in [3.05, 3.63) is 48.1 Å². The van der Waals surface area contributed by atoms with Crippen molar-refractivity contribution in [2.45, 2.75) is 6.54 Å². The van der Waals surface area contributed by atoms with Gasteiger partial charge in [0, 0.05) is 19.4 Å². The van der Waals surface area contributed by atoms with Gasteiger partial charge in [-0.3, -0.25) is 4.79 Å². The molecule has 0 saturated heterocycles. The largest absolute Gasteiger partial charge is 0.347 e. The Morgan fingerprint density at radius 3 is 3.00 bits per heavy atom. The summed E-state index contributed by atoms with van der Waals surface area (Å²) < 4.78 is 12.9. The van der Waals surface area contributed by atoms with E-state index < -0.39 is 5.95 Å². The van der Waals surface area contributed by atoms with Gasteiger partial charge in [0.05, 0.1) is 6.54 Å². The van der Waals surface area contributed by atoms with Crippen LogP contribution in [0.25, 0.3) is 0 Å². The molecule has 0 saturated carbocycles. The van der Waals surface area contributed by atoms with E-state index in [1.54, 1.807) is 19.4 Å². The molecule has 0 aliphatic carbocycles. The molecule has 17 heavy (non-hydrogen) atoms. The summed E-state index contributed by atoms with van der Waals surface area (Å²) in [6, 6.07) is 4.13. The van der Waals surface area contributed by atoms with E-state index in [0.717, 1.165) is 0 Å². The number of nitrogens with one attached hydrogen (secondary N) is 1. The third kappa shape index (κ3) is 2.66. The molecule has 0 aliphatic heterocycles. The highest BCUT2D eigenvalue weighted by Gasteiger charge is 2.14. The first-order chi connectivity index (χ1) is 8.16. The lowest BCUT2D eigenvalue weighted by Gasteiger charge is -2.14. The van der Waals surface area contributed by atoms with E-state index in [4.69, 9.17) is 0 Å². The third-order valence-electron chi connectivity index (χ3n) is 2.22. The average molecular weight is 234 g/mol. The van der Waals surface area contributed by atoms with Crippen LogP contribution in [0.2, 0.25) is 0 Å². The number of rotatable bonds is 3. The van der Waals surface area contributed by atoms with Crippen molar-refractivity contribution in [2.24, 2.45) is 0 Å². The van der Waals surface area contributed by atoms with Crippen molar-refractivity contribution in [1.82, 2.24) is 19.9 Å². The van der Waals surface area contributed by atoms with E-state index in [9.17, 15) is 9.18 Å². The fraction of sp³-hybridized carbons (Fsp3) is 0.182. The summed E-state index contributed by atoms with van der Waals surface area (Å²) in [5, 5.41) is 0. The molecule has 2 rings (SSSR count). The second kappa shape index (κ2) is 4.73. The zero-order valence-electron chi connectivity index (χ0n) is 9.22. The van der Waals surface area contributed by atoms with Crippen molar-refractivity contribution < 1.29 is 9.18 Å². The van der Waals surface area contributed by atoms with Gasteiger partial charge in [0.1, 0.15) is 11.5 Å². The van der Waals surface area contributed by atoms with Crippen LogP contribution in [0.3, 0.4) is 0 Å². The Bertz CT molecular complexity index is 512. The lowest BCUT2D eigenvalue weighted by Crippen LogP contribution is -2.27. The third-order valence-corrected chi connectivity index (χ3v) is 2.22. The molecule has 1 N–H and O–H groups in total. The number of carbonyl (C=O) groups excluding carboxylic acids is 1. The zero-order valence-corrected chi connectivity index (χ0v) is 9.22. The van der Waals surface area contributed by atoms with Gasteiger partial charge in [0.25, 0.3) is 5.91 Å². The molecule has 2 aromatic heterocycles. The van der Waals surface area contributed by atoms with Gasteiger partial charge in [-0.05, 0) is 12.1 Å². The lowest BCUT2D eigenvalue weighted by atomic mass is 10.3. The molecule has 0 fully saturated rings. The molecule has 0 bridgehead atoms. The standard InChI is InChI=1S/C11H11FN4O/c1-16(7-10-13-5-6-14-10)11(17)8-3-2-4-9(12)15-8/h2-6H,7H2,1H3,(H,13,14). The van der Waals surface area contributed by atoms with Gasteiger partial charge in [-0.15, -0.1) is 0 Å². The number of imidazole rings is 1. The predicted molar refractivity (Wildman–Crippen MR) is 58.6 cm³/mol. The number of H-pyrrole nitrogens is 1. The molecule has 1 amide bonds. The fourth-order valence-corrected chi connectivity index (χ4v) is 1.40. The van der Waals surface area contributed by atoms with Crippen LogP contribution < -0.4 is 0 Å². The number of aromatic nitrogens is 3. The SMILES string of the molecule is CN(Cc1ncc[nH]1)C(=O)c1cccc(F)n1. The van der Waals surface area contributed by atoms with Crippen molar-refractivity contribution >= 4 is 5.91 Å². The highest BCUT2D eigenvalue weighted by atomic mass is 19.1. The van der Waals surface area contributed by atoms with E-state index in [1.165, 1.54) is 23.1 Å². The zero-order chi connectivity index (χ0) is 12.3. The molecule has 0 unspecified atom stereocenters. The van der Waals surface area contributed by atoms with Crippen LogP contribution in [0, 0.1) is 5.95 Å². The van der Waals surface area contributed by atoms with Gasteiger partial charge < -0.3 is 9.88 Å². The van der Waals surface area contributed by atoms with Crippen LogP contribution in [-0.4, -0.2) is 32.8 Å². The summed E-state index contributed by atoms with van der Waals surface area (Å²) in [6.45, 7) is 0.323. The molecule has 5 nitrogen and oxygen atoms in total. The van der Waals surface area contributed by atoms with Gasteiger partial charge in [-0.25, -0.2) is 9.97 Å². The Hall–Kier alpha value is -2.24. The number of aromatic amines is 1. The number of carbonyl (C=O) groups is 1.